The van der Waals surface area contributed by atoms with E-state index in [0.29, 0.717) is 12.8 Å². The van der Waals surface area contributed by atoms with Gasteiger partial charge in [-0.05, 0) is 70.6 Å². The van der Waals surface area contributed by atoms with Gasteiger partial charge in [0.25, 0.3) is 0 Å². The molecule has 1 atom stereocenters. The second-order valence-corrected chi connectivity index (χ2v) is 18.5. The van der Waals surface area contributed by atoms with E-state index in [-0.39, 0.29) is 31.6 Å². The van der Waals surface area contributed by atoms with E-state index in [1.807, 2.05) is 6.08 Å². The first-order valence-corrected chi connectivity index (χ1v) is 27.9. The molecule has 0 bridgehead atoms. The van der Waals surface area contributed by atoms with Crippen molar-refractivity contribution in [3.8, 4) is 0 Å². The molecule has 0 aliphatic rings. The fourth-order valence-electron chi connectivity index (χ4n) is 7.81. The lowest BCUT2D eigenvalue weighted by Gasteiger charge is -2.18. The Morgan fingerprint density at radius 1 is 0.333 bits per heavy atom. The maximum atomic E-state index is 12.8. The van der Waals surface area contributed by atoms with Gasteiger partial charge >= 0.3 is 17.9 Å². The molecule has 1 unspecified atom stereocenters. The molecule has 0 spiro atoms. The number of carbonyl (C=O) groups is 3. The lowest BCUT2D eigenvalue weighted by molar-refractivity contribution is -0.166. The summed E-state index contributed by atoms with van der Waals surface area (Å²) >= 11 is 0. The zero-order chi connectivity index (χ0) is 47.9. The molecule has 6 heteroatoms. The van der Waals surface area contributed by atoms with E-state index in [0.717, 1.165) is 83.5 Å². The number of rotatable bonds is 50. The molecular weight excluding hydrogens is 817 g/mol. The van der Waals surface area contributed by atoms with Crippen molar-refractivity contribution in [2.75, 3.05) is 13.2 Å². The molecule has 0 N–H and O–H groups in total. The largest absolute Gasteiger partial charge is 0.462 e. The molecule has 0 aromatic carbocycles. The molecule has 0 fully saturated rings. The normalized spacial score (nSPS) is 12.6. The van der Waals surface area contributed by atoms with Crippen molar-refractivity contribution in [3.63, 3.8) is 0 Å². The monoisotopic (exact) mass is 921 g/mol. The van der Waals surface area contributed by atoms with Gasteiger partial charge in [-0.25, -0.2) is 0 Å². The summed E-state index contributed by atoms with van der Waals surface area (Å²) in [6.45, 7) is 6.45. The van der Waals surface area contributed by atoms with Crippen molar-refractivity contribution in [2.45, 2.75) is 277 Å². The van der Waals surface area contributed by atoms with Crippen molar-refractivity contribution < 1.29 is 28.6 Å². The standard InChI is InChI=1S/C60H104O6/c1-4-7-10-13-16-19-22-25-28-30-33-35-38-41-44-47-50-53-59(62)65-56-57(55-64-58(61)52-49-46-43-40-37-34-31-27-24-21-18-15-12-9-6-3)66-60(63)54-51-48-45-42-39-36-32-29-26-23-20-17-14-11-8-5-2/h9,12,18,21,27,29,31-32,37,40,46,49,57H,4-8,10-11,13-17,19-20,22-26,28,30,33-36,38-39,41-45,47-48,50-56H2,1-3H3/b12-9-,21-18-,31-27-,32-29-,40-37-,49-46-. The molecule has 0 radical (unpaired) electrons. The Kier molecular flexibility index (Phi) is 51.9. The van der Waals surface area contributed by atoms with Crippen LogP contribution in [0.1, 0.15) is 271 Å². The number of unbranched alkanes of at least 4 members (excludes halogenated alkanes) is 28. The Balaban J connectivity index is 4.47. The lowest BCUT2D eigenvalue weighted by atomic mass is 10.0. The Bertz CT molecular complexity index is 1240. The van der Waals surface area contributed by atoms with Crippen LogP contribution in [-0.2, 0) is 28.6 Å². The average molecular weight is 921 g/mol. The van der Waals surface area contributed by atoms with Gasteiger partial charge < -0.3 is 14.2 Å². The SMILES string of the molecule is CC/C=C\C/C=C\C/C=C\C/C=C\C/C=C\CC(=O)OCC(COC(=O)CCCCCCCCCCCCCCCCCCC)OC(=O)CCCCCCC/C=C\CCCCCCCCC. The lowest BCUT2D eigenvalue weighted by Crippen LogP contribution is -2.30. The molecule has 0 aromatic heterocycles. The first-order valence-electron chi connectivity index (χ1n) is 27.9. The summed E-state index contributed by atoms with van der Waals surface area (Å²) in [5, 5.41) is 0. The van der Waals surface area contributed by atoms with E-state index in [2.05, 4.69) is 81.5 Å². The Morgan fingerprint density at radius 3 is 1.05 bits per heavy atom. The zero-order valence-electron chi connectivity index (χ0n) is 43.4. The van der Waals surface area contributed by atoms with Crippen LogP contribution in [0.25, 0.3) is 0 Å². The zero-order valence-corrected chi connectivity index (χ0v) is 43.4. The van der Waals surface area contributed by atoms with E-state index in [9.17, 15) is 14.4 Å². The van der Waals surface area contributed by atoms with Crippen LogP contribution in [0.15, 0.2) is 72.9 Å². The van der Waals surface area contributed by atoms with Gasteiger partial charge in [-0.2, -0.15) is 0 Å². The third kappa shape index (κ3) is 51.8. The van der Waals surface area contributed by atoms with Gasteiger partial charge in [-0.3, -0.25) is 14.4 Å². The van der Waals surface area contributed by atoms with Crippen LogP contribution in [0.2, 0.25) is 0 Å². The van der Waals surface area contributed by atoms with Crippen LogP contribution in [-0.4, -0.2) is 37.2 Å². The van der Waals surface area contributed by atoms with Crippen LogP contribution >= 0.6 is 0 Å². The van der Waals surface area contributed by atoms with Crippen LogP contribution in [0.3, 0.4) is 0 Å². The molecule has 6 nitrogen and oxygen atoms in total. The van der Waals surface area contributed by atoms with E-state index < -0.39 is 12.1 Å². The highest BCUT2D eigenvalue weighted by Gasteiger charge is 2.19. The summed E-state index contributed by atoms with van der Waals surface area (Å²) in [5.74, 6) is -1.04. The fourth-order valence-corrected chi connectivity index (χ4v) is 7.81. The number of esters is 3. The van der Waals surface area contributed by atoms with Gasteiger partial charge in [0.15, 0.2) is 6.10 Å². The smallest absolute Gasteiger partial charge is 0.309 e. The highest BCUT2D eigenvalue weighted by atomic mass is 16.6. The minimum atomic E-state index is -0.817. The Hall–Kier alpha value is -3.15. The maximum Gasteiger partial charge on any atom is 0.309 e. The highest BCUT2D eigenvalue weighted by molar-refractivity contribution is 5.72. The van der Waals surface area contributed by atoms with Gasteiger partial charge in [0.05, 0.1) is 6.42 Å². The van der Waals surface area contributed by atoms with Crippen LogP contribution < -0.4 is 0 Å². The van der Waals surface area contributed by atoms with Gasteiger partial charge in [0, 0.05) is 12.8 Å². The number of hydrogen-bond acceptors (Lipinski definition) is 6. The molecule has 0 aliphatic carbocycles. The molecule has 0 aromatic rings. The van der Waals surface area contributed by atoms with Crippen molar-refractivity contribution in [1.29, 1.82) is 0 Å². The van der Waals surface area contributed by atoms with Gasteiger partial charge in [-0.15, -0.1) is 0 Å². The van der Waals surface area contributed by atoms with E-state index >= 15 is 0 Å². The number of carbonyl (C=O) groups excluding carboxylic acids is 3. The van der Waals surface area contributed by atoms with Crippen LogP contribution in [0.5, 0.6) is 0 Å². The summed E-state index contributed by atoms with van der Waals surface area (Å²) in [4.78, 5) is 38.0. The number of ether oxygens (including phenoxy) is 3. The fraction of sp³-hybridized carbons (Fsp3) is 0.750. The first kappa shape index (κ1) is 62.8. The first-order chi connectivity index (χ1) is 32.5. The Morgan fingerprint density at radius 2 is 0.652 bits per heavy atom. The summed E-state index contributed by atoms with van der Waals surface area (Å²) in [7, 11) is 0. The number of hydrogen-bond donors (Lipinski definition) is 0. The third-order valence-electron chi connectivity index (χ3n) is 12.0. The highest BCUT2D eigenvalue weighted by Crippen LogP contribution is 2.16. The minimum absolute atomic E-state index is 0.106. The molecule has 0 aliphatic heterocycles. The van der Waals surface area contributed by atoms with Gasteiger partial charge in [0.1, 0.15) is 13.2 Å². The molecule has 0 amide bonds. The van der Waals surface area contributed by atoms with E-state index in [1.165, 1.54) is 148 Å². The molecular formula is C60H104O6. The molecule has 66 heavy (non-hydrogen) atoms. The molecule has 380 valence electrons. The quantitative estimate of drug-likeness (QED) is 0.0262. The van der Waals surface area contributed by atoms with Crippen molar-refractivity contribution >= 4 is 17.9 Å². The van der Waals surface area contributed by atoms with Crippen molar-refractivity contribution in [1.82, 2.24) is 0 Å². The molecule has 0 heterocycles. The van der Waals surface area contributed by atoms with Gasteiger partial charge in [-0.1, -0.05) is 254 Å². The van der Waals surface area contributed by atoms with Crippen LogP contribution in [0.4, 0.5) is 0 Å². The van der Waals surface area contributed by atoms with Gasteiger partial charge in [0.2, 0.25) is 0 Å². The molecule has 0 saturated heterocycles. The van der Waals surface area contributed by atoms with E-state index in [1.54, 1.807) is 6.08 Å². The predicted octanol–water partition coefficient (Wildman–Crippen LogP) is 18.6. The third-order valence-corrected chi connectivity index (χ3v) is 12.0. The van der Waals surface area contributed by atoms with Crippen LogP contribution in [0, 0.1) is 0 Å². The summed E-state index contributed by atoms with van der Waals surface area (Å²) in [5.41, 5.74) is 0. The molecule has 0 saturated carbocycles. The van der Waals surface area contributed by atoms with E-state index in [4.69, 9.17) is 14.2 Å². The summed E-state index contributed by atoms with van der Waals surface area (Å²) in [6, 6.07) is 0. The summed E-state index contributed by atoms with van der Waals surface area (Å²) < 4.78 is 16.7. The second kappa shape index (κ2) is 54.5. The topological polar surface area (TPSA) is 78.9 Å². The average Bonchev–Trinajstić information content (AvgIpc) is 3.31. The second-order valence-electron chi connectivity index (χ2n) is 18.5. The summed E-state index contributed by atoms with van der Waals surface area (Å²) in [6.07, 6.45) is 69.2. The Labute approximate surface area is 408 Å². The number of allylic oxidation sites excluding steroid dienone is 11. The van der Waals surface area contributed by atoms with Crippen molar-refractivity contribution in [3.05, 3.63) is 72.9 Å². The minimum Gasteiger partial charge on any atom is -0.462 e. The predicted molar refractivity (Wildman–Crippen MR) is 284 cm³/mol. The van der Waals surface area contributed by atoms with Crippen molar-refractivity contribution in [2.24, 2.45) is 0 Å². The maximum absolute atomic E-state index is 12.8. The molecule has 0 rings (SSSR count).